The number of nitrogens with one attached hydrogen (secondary N) is 1. The van der Waals surface area contributed by atoms with Crippen molar-refractivity contribution in [3.8, 4) is 11.8 Å². The van der Waals surface area contributed by atoms with Gasteiger partial charge in [-0.15, -0.1) is 0 Å². The van der Waals surface area contributed by atoms with Crippen LogP contribution in [-0.2, 0) is 9.53 Å². The Kier molecular flexibility index (Phi) is 8.63. The second-order valence-electron chi connectivity index (χ2n) is 6.99. The number of esters is 2. The van der Waals surface area contributed by atoms with E-state index >= 15 is 0 Å². The summed E-state index contributed by atoms with van der Waals surface area (Å²) in [5.41, 5.74) is 1.16. The van der Waals surface area contributed by atoms with Crippen molar-refractivity contribution in [3.63, 3.8) is 0 Å². The lowest BCUT2D eigenvalue weighted by Crippen LogP contribution is -2.13. The number of rotatable bonds is 7. The number of hydrogen-bond donors (Lipinski definition) is 1. The van der Waals surface area contributed by atoms with Gasteiger partial charge in [0.25, 0.3) is 5.91 Å². The zero-order valence-electron chi connectivity index (χ0n) is 18.4. The van der Waals surface area contributed by atoms with Crippen molar-refractivity contribution >= 4 is 52.8 Å². The Morgan fingerprint density at radius 2 is 1.54 bits per heavy atom. The molecule has 7 nitrogen and oxygen atoms in total. The summed E-state index contributed by atoms with van der Waals surface area (Å²) in [6.07, 6.45) is 1.29. The quantitative estimate of drug-likeness (QED) is 0.183. The van der Waals surface area contributed by atoms with E-state index in [0.717, 1.165) is 0 Å². The van der Waals surface area contributed by atoms with Gasteiger partial charge in [-0.2, -0.15) is 5.26 Å². The monoisotopic (exact) mass is 508 g/mol. The number of nitriles is 1. The molecule has 3 aromatic carbocycles. The summed E-state index contributed by atoms with van der Waals surface area (Å²) < 4.78 is 10.2. The molecule has 0 aromatic heterocycles. The number of hydrogen-bond acceptors (Lipinski definition) is 6. The van der Waals surface area contributed by atoms with Crippen LogP contribution in [0.2, 0.25) is 10.0 Å². The second-order valence-corrected chi connectivity index (χ2v) is 7.81. The summed E-state index contributed by atoms with van der Waals surface area (Å²) in [6.45, 7) is 1.95. The second kappa shape index (κ2) is 11.8. The van der Waals surface area contributed by atoms with Gasteiger partial charge in [0.2, 0.25) is 0 Å². The largest absolute Gasteiger partial charge is 0.462 e. The molecule has 3 rings (SSSR count). The van der Waals surface area contributed by atoms with Gasteiger partial charge in [0.1, 0.15) is 11.6 Å². The highest BCUT2D eigenvalue weighted by atomic mass is 35.5. The molecule has 0 bridgehead atoms. The van der Waals surface area contributed by atoms with Crippen LogP contribution in [0.25, 0.3) is 6.08 Å². The molecule has 1 N–H and O–H groups in total. The maximum atomic E-state index is 12.6. The molecule has 0 fully saturated rings. The molecule has 0 unspecified atom stereocenters. The predicted octanol–water partition coefficient (Wildman–Crippen LogP) is 5.93. The minimum atomic E-state index is -0.678. The van der Waals surface area contributed by atoms with E-state index in [4.69, 9.17) is 32.7 Å². The van der Waals surface area contributed by atoms with Crippen LogP contribution in [-0.4, -0.2) is 24.5 Å². The third-order valence-electron chi connectivity index (χ3n) is 4.55. The third-order valence-corrected chi connectivity index (χ3v) is 5.12. The molecular formula is C26H18Cl2N2O5. The maximum Gasteiger partial charge on any atom is 0.343 e. The molecule has 0 saturated carbocycles. The molecule has 9 heteroatoms. The maximum absolute atomic E-state index is 12.6. The van der Waals surface area contributed by atoms with E-state index in [9.17, 15) is 19.6 Å². The first kappa shape index (κ1) is 25.5. The molecule has 0 heterocycles. The van der Waals surface area contributed by atoms with Gasteiger partial charge in [0, 0.05) is 5.69 Å². The molecule has 1 amide bonds. The summed E-state index contributed by atoms with van der Waals surface area (Å²) >= 11 is 12.5. The number of carbonyl (C=O) groups is 3. The fourth-order valence-corrected chi connectivity index (χ4v) is 3.49. The van der Waals surface area contributed by atoms with Crippen LogP contribution in [0, 0.1) is 11.3 Å². The number of ether oxygens (including phenoxy) is 2. The molecule has 0 saturated heterocycles. The van der Waals surface area contributed by atoms with E-state index in [2.05, 4.69) is 5.32 Å². The Morgan fingerprint density at radius 1 is 0.943 bits per heavy atom. The van der Waals surface area contributed by atoms with E-state index in [1.807, 2.05) is 6.07 Å². The number of carbonyl (C=O) groups excluding carboxylic acids is 3. The number of benzene rings is 3. The highest BCUT2D eigenvalue weighted by Gasteiger charge is 2.17. The summed E-state index contributed by atoms with van der Waals surface area (Å²) in [4.78, 5) is 36.6. The zero-order valence-corrected chi connectivity index (χ0v) is 19.9. The van der Waals surface area contributed by atoms with Crippen LogP contribution in [0.1, 0.15) is 33.2 Å². The van der Waals surface area contributed by atoms with Crippen LogP contribution in [0.15, 0.2) is 72.3 Å². The van der Waals surface area contributed by atoms with Crippen molar-refractivity contribution in [3.05, 3.63) is 99.0 Å². The molecule has 0 aliphatic rings. The lowest BCUT2D eigenvalue weighted by Gasteiger charge is -2.10. The van der Waals surface area contributed by atoms with Gasteiger partial charge in [-0.1, -0.05) is 41.4 Å². The van der Waals surface area contributed by atoms with Crippen LogP contribution in [0.5, 0.6) is 5.75 Å². The summed E-state index contributed by atoms with van der Waals surface area (Å²) in [6, 6.07) is 19.0. The minimum Gasteiger partial charge on any atom is -0.462 e. The van der Waals surface area contributed by atoms with E-state index < -0.39 is 17.8 Å². The first-order valence-corrected chi connectivity index (χ1v) is 11.0. The first-order chi connectivity index (χ1) is 16.8. The van der Waals surface area contributed by atoms with Crippen LogP contribution in [0.3, 0.4) is 0 Å². The Bertz CT molecular complexity index is 1310. The molecule has 0 spiro atoms. The molecule has 0 atom stereocenters. The standard InChI is InChI=1S/C26H18Cl2N2O5/c1-2-34-25(32)18-8-10-20(11-9-18)30-24(31)19(15-29)12-16-13-21(27)23(22(28)14-16)35-26(33)17-6-4-3-5-7-17/h3-14H,2H2,1H3,(H,30,31)/b19-12+. The molecule has 3 aromatic rings. The van der Waals surface area contributed by atoms with E-state index in [1.54, 1.807) is 37.3 Å². The van der Waals surface area contributed by atoms with Gasteiger partial charge < -0.3 is 14.8 Å². The number of halogens is 2. The average Bonchev–Trinajstić information content (AvgIpc) is 2.85. The predicted molar refractivity (Wildman–Crippen MR) is 132 cm³/mol. The van der Waals surface area contributed by atoms with Crippen molar-refractivity contribution in [1.29, 1.82) is 5.26 Å². The van der Waals surface area contributed by atoms with Crippen molar-refractivity contribution in [2.24, 2.45) is 0 Å². The van der Waals surface area contributed by atoms with E-state index in [1.165, 1.54) is 42.5 Å². The van der Waals surface area contributed by atoms with Gasteiger partial charge in [-0.25, -0.2) is 9.59 Å². The molecular weight excluding hydrogens is 491 g/mol. The summed E-state index contributed by atoms with van der Waals surface area (Å²) in [7, 11) is 0. The fourth-order valence-electron chi connectivity index (χ4n) is 2.90. The number of amides is 1. The SMILES string of the molecule is CCOC(=O)c1ccc(NC(=O)/C(C#N)=C/c2cc(Cl)c(OC(=O)c3ccccc3)c(Cl)c2)cc1. The van der Waals surface area contributed by atoms with Crippen LogP contribution in [0.4, 0.5) is 5.69 Å². The smallest absolute Gasteiger partial charge is 0.343 e. The molecule has 0 aliphatic carbocycles. The number of nitrogens with zero attached hydrogens (tertiary/aromatic N) is 1. The highest BCUT2D eigenvalue weighted by Crippen LogP contribution is 2.35. The van der Waals surface area contributed by atoms with Gasteiger partial charge in [-0.3, -0.25) is 4.79 Å². The Hall–Kier alpha value is -4.12. The Balaban J connectivity index is 1.75. The topological polar surface area (TPSA) is 105 Å². The first-order valence-electron chi connectivity index (χ1n) is 10.3. The van der Waals surface area contributed by atoms with Gasteiger partial charge >= 0.3 is 11.9 Å². The Morgan fingerprint density at radius 3 is 2.11 bits per heavy atom. The number of anilines is 1. The highest BCUT2D eigenvalue weighted by molar-refractivity contribution is 6.37. The van der Waals surface area contributed by atoms with Gasteiger partial charge in [0.05, 0.1) is 27.8 Å². The molecule has 176 valence electrons. The Labute approximate surface area is 211 Å². The molecule has 0 radical (unpaired) electrons. The molecule has 0 aliphatic heterocycles. The summed E-state index contributed by atoms with van der Waals surface area (Å²) in [5, 5.41) is 12.1. The van der Waals surface area contributed by atoms with E-state index in [0.29, 0.717) is 22.4 Å². The lowest BCUT2D eigenvalue weighted by molar-refractivity contribution is -0.112. The third kappa shape index (κ3) is 6.70. The zero-order chi connectivity index (χ0) is 25.4. The van der Waals surface area contributed by atoms with Crippen molar-refractivity contribution in [1.82, 2.24) is 0 Å². The van der Waals surface area contributed by atoms with Crippen molar-refractivity contribution < 1.29 is 23.9 Å². The van der Waals surface area contributed by atoms with Crippen molar-refractivity contribution in [2.75, 3.05) is 11.9 Å². The van der Waals surface area contributed by atoms with E-state index in [-0.39, 0.29) is 28.0 Å². The van der Waals surface area contributed by atoms with Crippen molar-refractivity contribution in [2.45, 2.75) is 6.92 Å². The molecule has 35 heavy (non-hydrogen) atoms. The lowest BCUT2D eigenvalue weighted by atomic mass is 10.1. The van der Waals surface area contributed by atoms with Crippen LogP contribution >= 0.6 is 23.2 Å². The minimum absolute atomic E-state index is 0.0280. The normalized spacial score (nSPS) is 10.7. The summed E-state index contributed by atoms with van der Waals surface area (Å²) in [5.74, 6) is -1.83. The average molecular weight is 509 g/mol. The van der Waals surface area contributed by atoms with Gasteiger partial charge in [0.15, 0.2) is 5.75 Å². The fraction of sp³-hybridized carbons (Fsp3) is 0.0769. The van der Waals surface area contributed by atoms with Crippen LogP contribution < -0.4 is 10.1 Å². The van der Waals surface area contributed by atoms with Gasteiger partial charge in [-0.05, 0) is 67.1 Å².